The summed E-state index contributed by atoms with van der Waals surface area (Å²) in [5.74, 6) is -0.646. The molecule has 4 rings (SSSR count). The predicted molar refractivity (Wildman–Crippen MR) is 134 cm³/mol. The third-order valence-electron chi connectivity index (χ3n) is 5.48. The third-order valence-corrected chi connectivity index (χ3v) is 5.83. The Morgan fingerprint density at radius 2 is 1.66 bits per heavy atom. The third kappa shape index (κ3) is 4.90. The summed E-state index contributed by atoms with van der Waals surface area (Å²) in [6, 6.07) is 20.4. The zero-order chi connectivity index (χ0) is 25.1. The van der Waals surface area contributed by atoms with Crippen molar-refractivity contribution in [3.63, 3.8) is 0 Å². The van der Waals surface area contributed by atoms with Gasteiger partial charge in [0.2, 0.25) is 0 Å². The van der Waals surface area contributed by atoms with Crippen LogP contribution in [0.15, 0.2) is 83.5 Å². The van der Waals surface area contributed by atoms with E-state index in [-0.39, 0.29) is 10.7 Å². The van der Waals surface area contributed by atoms with Gasteiger partial charge in [0.1, 0.15) is 22.2 Å². The molecule has 0 bridgehead atoms. The van der Waals surface area contributed by atoms with Crippen molar-refractivity contribution < 1.29 is 23.9 Å². The lowest BCUT2D eigenvalue weighted by Gasteiger charge is -2.17. The molecule has 0 radical (unpaired) electrons. The van der Waals surface area contributed by atoms with Crippen molar-refractivity contribution >= 4 is 40.8 Å². The van der Waals surface area contributed by atoms with E-state index in [9.17, 15) is 14.4 Å². The summed E-state index contributed by atoms with van der Waals surface area (Å²) in [6.07, 6.45) is 0. The monoisotopic (exact) mass is 490 g/mol. The van der Waals surface area contributed by atoms with Crippen LogP contribution in [-0.4, -0.2) is 24.9 Å². The topological polar surface area (TPSA) is 84.9 Å². The molecule has 3 aromatic carbocycles. The van der Waals surface area contributed by atoms with Crippen molar-refractivity contribution in [2.24, 2.45) is 0 Å². The second-order valence-corrected chi connectivity index (χ2v) is 8.50. The predicted octanol–water partition coefficient (Wildman–Crippen LogP) is 5.47. The van der Waals surface area contributed by atoms with Crippen molar-refractivity contribution in [3.05, 3.63) is 94.7 Å². The molecule has 178 valence electrons. The number of halogens is 1. The van der Waals surface area contributed by atoms with Gasteiger partial charge in [-0.1, -0.05) is 49.7 Å². The molecule has 0 saturated heterocycles. The van der Waals surface area contributed by atoms with Crippen LogP contribution in [0.3, 0.4) is 0 Å². The van der Waals surface area contributed by atoms with E-state index in [0.29, 0.717) is 34.4 Å². The molecule has 7 nitrogen and oxygen atoms in total. The van der Waals surface area contributed by atoms with Crippen LogP contribution in [0, 0.1) is 0 Å². The molecule has 2 amide bonds. The fourth-order valence-corrected chi connectivity index (χ4v) is 3.79. The van der Waals surface area contributed by atoms with Gasteiger partial charge in [-0.3, -0.25) is 9.59 Å². The van der Waals surface area contributed by atoms with E-state index in [2.05, 4.69) is 19.2 Å². The standard InChI is InChI=1S/C27H23ClN2O5/c1-16(2)18-7-6-8-20(15-18)35-27(33)17-11-13-19(14-12-17)29-24-23(28)25(31)30(26(24)32)21-9-4-5-10-22(21)34-3/h4-16,29H,1-3H3. The van der Waals surface area contributed by atoms with E-state index >= 15 is 0 Å². The molecule has 0 saturated carbocycles. The number of amides is 2. The highest BCUT2D eigenvalue weighted by Crippen LogP contribution is 2.35. The molecule has 1 heterocycles. The first-order valence-electron chi connectivity index (χ1n) is 10.9. The van der Waals surface area contributed by atoms with Gasteiger partial charge in [0.05, 0.1) is 18.4 Å². The number of hydrogen-bond acceptors (Lipinski definition) is 6. The van der Waals surface area contributed by atoms with E-state index in [0.717, 1.165) is 10.5 Å². The van der Waals surface area contributed by atoms with Gasteiger partial charge in [0.15, 0.2) is 0 Å². The Morgan fingerprint density at radius 3 is 2.34 bits per heavy atom. The Balaban J connectivity index is 1.48. The Bertz CT molecular complexity index is 1330. The summed E-state index contributed by atoms with van der Waals surface area (Å²) in [6.45, 7) is 4.12. The maximum Gasteiger partial charge on any atom is 0.343 e. The fourth-order valence-electron chi connectivity index (χ4n) is 3.58. The molecule has 1 aliphatic heterocycles. The number of methoxy groups -OCH3 is 1. The molecule has 0 aliphatic carbocycles. The van der Waals surface area contributed by atoms with Gasteiger partial charge in [0.25, 0.3) is 11.8 Å². The number of nitrogens with one attached hydrogen (secondary N) is 1. The normalized spacial score (nSPS) is 13.5. The molecule has 0 spiro atoms. The number of carbonyl (C=O) groups is 3. The summed E-state index contributed by atoms with van der Waals surface area (Å²) in [7, 11) is 1.45. The molecule has 0 unspecified atom stereocenters. The van der Waals surface area contributed by atoms with Gasteiger partial charge in [-0.05, 0) is 60.0 Å². The molecule has 8 heteroatoms. The lowest BCUT2D eigenvalue weighted by molar-refractivity contribution is -0.120. The highest BCUT2D eigenvalue weighted by molar-refractivity contribution is 6.53. The van der Waals surface area contributed by atoms with Crippen molar-refractivity contribution in [1.82, 2.24) is 0 Å². The number of benzene rings is 3. The van der Waals surface area contributed by atoms with Crippen LogP contribution in [0.1, 0.15) is 35.7 Å². The number of carbonyl (C=O) groups excluding carboxylic acids is 3. The second-order valence-electron chi connectivity index (χ2n) is 8.13. The summed E-state index contributed by atoms with van der Waals surface area (Å²) in [4.78, 5) is 39.3. The van der Waals surface area contributed by atoms with Crippen molar-refractivity contribution in [3.8, 4) is 11.5 Å². The summed E-state index contributed by atoms with van der Waals surface area (Å²) in [5, 5.41) is 2.65. The summed E-state index contributed by atoms with van der Waals surface area (Å²) >= 11 is 6.21. The van der Waals surface area contributed by atoms with Crippen LogP contribution < -0.4 is 19.7 Å². The maximum atomic E-state index is 13.0. The minimum absolute atomic E-state index is 0.0663. The number of ether oxygens (including phenoxy) is 2. The molecule has 0 fully saturated rings. The van der Waals surface area contributed by atoms with E-state index in [1.54, 1.807) is 54.6 Å². The molecule has 0 atom stereocenters. The summed E-state index contributed by atoms with van der Waals surface area (Å²) in [5.41, 5.74) is 2.09. The first-order valence-corrected chi connectivity index (χ1v) is 11.3. The van der Waals surface area contributed by atoms with Crippen molar-refractivity contribution in [2.45, 2.75) is 19.8 Å². The number of hydrogen-bond donors (Lipinski definition) is 1. The van der Waals surface area contributed by atoms with Crippen molar-refractivity contribution in [1.29, 1.82) is 0 Å². The zero-order valence-corrected chi connectivity index (χ0v) is 20.1. The number of nitrogens with zero attached hydrogens (tertiary/aromatic N) is 1. The Labute approximate surface area is 207 Å². The van der Waals surface area contributed by atoms with Gasteiger partial charge >= 0.3 is 5.97 Å². The van der Waals surface area contributed by atoms with Gasteiger partial charge in [0, 0.05) is 5.69 Å². The number of esters is 1. The Morgan fingerprint density at radius 1 is 0.943 bits per heavy atom. The van der Waals surface area contributed by atoms with Crippen molar-refractivity contribution in [2.75, 3.05) is 17.3 Å². The van der Waals surface area contributed by atoms with Gasteiger partial charge in [-0.25, -0.2) is 9.69 Å². The van der Waals surface area contributed by atoms with Crippen LogP contribution in [0.25, 0.3) is 0 Å². The molecule has 35 heavy (non-hydrogen) atoms. The van der Waals surface area contributed by atoms with Gasteiger partial charge in [-0.2, -0.15) is 0 Å². The lowest BCUT2D eigenvalue weighted by atomic mass is 10.0. The van der Waals surface area contributed by atoms with E-state index in [1.807, 2.05) is 18.2 Å². The number of rotatable bonds is 7. The molecule has 3 aromatic rings. The quantitative estimate of drug-likeness (QED) is 0.268. The molecular weight excluding hydrogens is 468 g/mol. The Kier molecular flexibility index (Phi) is 6.89. The lowest BCUT2D eigenvalue weighted by Crippen LogP contribution is -2.32. The SMILES string of the molecule is COc1ccccc1N1C(=O)C(Cl)=C(Nc2ccc(C(=O)Oc3cccc(C(C)C)c3)cc2)C1=O. The molecule has 1 N–H and O–H groups in total. The molecular formula is C27H23ClN2O5. The summed E-state index contributed by atoms with van der Waals surface area (Å²) < 4.78 is 10.8. The number of para-hydroxylation sites is 2. The molecule has 1 aliphatic rings. The van der Waals surface area contributed by atoms with Crippen LogP contribution in [0.4, 0.5) is 11.4 Å². The first kappa shape index (κ1) is 24.0. The smallest absolute Gasteiger partial charge is 0.343 e. The number of anilines is 2. The van der Waals surface area contributed by atoms with Gasteiger partial charge < -0.3 is 14.8 Å². The first-order chi connectivity index (χ1) is 16.8. The zero-order valence-electron chi connectivity index (χ0n) is 19.4. The average molecular weight is 491 g/mol. The highest BCUT2D eigenvalue weighted by Gasteiger charge is 2.40. The van der Waals surface area contributed by atoms with E-state index in [4.69, 9.17) is 21.1 Å². The van der Waals surface area contributed by atoms with Crippen LogP contribution in [0.5, 0.6) is 11.5 Å². The van der Waals surface area contributed by atoms with Crippen LogP contribution in [-0.2, 0) is 9.59 Å². The van der Waals surface area contributed by atoms with E-state index in [1.165, 1.54) is 7.11 Å². The second kappa shape index (κ2) is 10.0. The number of imide groups is 1. The van der Waals surface area contributed by atoms with Crippen LogP contribution >= 0.6 is 11.6 Å². The largest absolute Gasteiger partial charge is 0.495 e. The van der Waals surface area contributed by atoms with Crippen LogP contribution in [0.2, 0.25) is 0 Å². The highest BCUT2D eigenvalue weighted by atomic mass is 35.5. The Hall–Kier alpha value is -4.10. The van der Waals surface area contributed by atoms with Gasteiger partial charge in [-0.15, -0.1) is 0 Å². The van der Waals surface area contributed by atoms with E-state index < -0.39 is 17.8 Å². The maximum absolute atomic E-state index is 13.0. The average Bonchev–Trinajstić information content (AvgIpc) is 3.07. The minimum Gasteiger partial charge on any atom is -0.495 e. The minimum atomic E-state index is -0.660. The fraction of sp³-hybridized carbons (Fsp3) is 0.148. The molecule has 0 aromatic heterocycles.